The zero-order valence-corrected chi connectivity index (χ0v) is 19.9. The molecule has 9 heteroatoms. The number of benzene rings is 2. The van der Waals surface area contributed by atoms with Gasteiger partial charge in [-0.2, -0.15) is 9.78 Å². The van der Waals surface area contributed by atoms with E-state index in [1.54, 1.807) is 44.2 Å². The van der Waals surface area contributed by atoms with E-state index in [2.05, 4.69) is 26.0 Å². The Hall–Kier alpha value is -3.20. The first-order valence-electron chi connectivity index (χ1n) is 10.1. The van der Waals surface area contributed by atoms with Gasteiger partial charge < -0.3 is 14.2 Å². The van der Waals surface area contributed by atoms with Gasteiger partial charge in [0.2, 0.25) is 0 Å². The van der Waals surface area contributed by atoms with E-state index in [-0.39, 0.29) is 12.2 Å². The third kappa shape index (κ3) is 4.99. The molecule has 0 saturated heterocycles. The number of aryl methyl sites for hydroxylation is 1. The van der Waals surface area contributed by atoms with Crippen molar-refractivity contribution in [3.05, 3.63) is 62.6 Å². The number of carbonyl (C=O) groups excluding carboxylic acids is 1. The van der Waals surface area contributed by atoms with E-state index in [0.29, 0.717) is 40.2 Å². The molecule has 32 heavy (non-hydrogen) atoms. The minimum Gasteiger partial charge on any atom is -0.493 e. The van der Waals surface area contributed by atoms with Crippen LogP contribution in [0, 0.1) is 0 Å². The van der Waals surface area contributed by atoms with Crippen LogP contribution in [0.1, 0.15) is 32.2 Å². The van der Waals surface area contributed by atoms with Crippen molar-refractivity contribution in [1.82, 2.24) is 9.66 Å². The first-order valence-corrected chi connectivity index (χ1v) is 10.9. The average molecular weight is 502 g/mol. The maximum atomic E-state index is 13.1. The predicted octanol–water partition coefficient (Wildman–Crippen LogP) is 3.94. The first kappa shape index (κ1) is 23.5. The summed E-state index contributed by atoms with van der Waals surface area (Å²) in [5, 5.41) is 4.85. The SMILES string of the molecule is CCOC(=O)[C@H](C)Oc1c(C=Nn2c(CC)nc3ccc(Br)cc3c2=O)cccc1OC. The smallest absolute Gasteiger partial charge is 0.347 e. The number of nitrogens with zero attached hydrogens (tertiary/aromatic N) is 3. The topological polar surface area (TPSA) is 92.0 Å². The highest BCUT2D eigenvalue weighted by Crippen LogP contribution is 2.31. The number of halogens is 1. The molecule has 0 radical (unpaired) electrons. The number of aromatic nitrogens is 2. The standard InChI is InChI=1S/C23H24BrN3O5/c1-5-20-26-18-11-10-16(24)12-17(18)22(28)27(20)25-13-15-8-7-9-19(30-4)21(15)32-14(3)23(29)31-6-2/h7-14H,5-6H2,1-4H3/t14-/m0/s1. The fraction of sp³-hybridized carbons (Fsp3) is 0.304. The van der Waals surface area contributed by atoms with E-state index < -0.39 is 12.1 Å². The number of fused-ring (bicyclic) bond motifs is 1. The summed E-state index contributed by atoms with van der Waals surface area (Å²) in [7, 11) is 1.50. The molecule has 3 aromatic rings. The zero-order valence-electron chi connectivity index (χ0n) is 18.3. The summed E-state index contributed by atoms with van der Waals surface area (Å²) in [5.74, 6) is 0.775. The van der Waals surface area contributed by atoms with Gasteiger partial charge in [0, 0.05) is 16.5 Å². The van der Waals surface area contributed by atoms with Gasteiger partial charge in [0.15, 0.2) is 17.6 Å². The minimum absolute atomic E-state index is 0.251. The Bertz CT molecular complexity index is 1220. The molecule has 0 N–H and O–H groups in total. The molecular weight excluding hydrogens is 478 g/mol. The molecule has 3 rings (SSSR count). The van der Waals surface area contributed by atoms with Crippen LogP contribution < -0.4 is 15.0 Å². The van der Waals surface area contributed by atoms with Crippen molar-refractivity contribution in [2.45, 2.75) is 33.3 Å². The molecule has 0 aliphatic carbocycles. The van der Waals surface area contributed by atoms with E-state index in [0.717, 1.165) is 4.47 Å². The predicted molar refractivity (Wildman–Crippen MR) is 126 cm³/mol. The van der Waals surface area contributed by atoms with Crippen molar-refractivity contribution in [3.63, 3.8) is 0 Å². The summed E-state index contributed by atoms with van der Waals surface area (Å²) in [6.07, 6.45) is 1.15. The Morgan fingerprint density at radius 2 is 2.06 bits per heavy atom. The summed E-state index contributed by atoms with van der Waals surface area (Å²) in [5.41, 5.74) is 0.855. The van der Waals surface area contributed by atoms with Crippen molar-refractivity contribution in [2.75, 3.05) is 13.7 Å². The summed E-state index contributed by atoms with van der Waals surface area (Å²) in [6.45, 7) is 5.47. The van der Waals surface area contributed by atoms with E-state index in [9.17, 15) is 9.59 Å². The second-order valence-corrected chi connectivity index (χ2v) is 7.71. The van der Waals surface area contributed by atoms with Gasteiger partial charge in [-0.05, 0) is 44.2 Å². The third-order valence-electron chi connectivity index (χ3n) is 4.65. The molecular formula is C23H24BrN3O5. The van der Waals surface area contributed by atoms with Crippen LogP contribution in [0.4, 0.5) is 0 Å². The van der Waals surface area contributed by atoms with Crippen LogP contribution in [0.2, 0.25) is 0 Å². The van der Waals surface area contributed by atoms with Gasteiger partial charge in [0.05, 0.1) is 30.8 Å². The molecule has 1 aromatic heterocycles. The molecule has 0 spiro atoms. The van der Waals surface area contributed by atoms with Crippen LogP contribution in [0.3, 0.4) is 0 Å². The molecule has 1 atom stereocenters. The Morgan fingerprint density at radius 3 is 2.75 bits per heavy atom. The highest BCUT2D eigenvalue weighted by atomic mass is 79.9. The number of esters is 1. The minimum atomic E-state index is -0.855. The van der Waals surface area contributed by atoms with Crippen molar-refractivity contribution < 1.29 is 19.0 Å². The second-order valence-electron chi connectivity index (χ2n) is 6.80. The molecule has 0 fully saturated rings. The molecule has 0 aliphatic heterocycles. The number of hydrogen-bond donors (Lipinski definition) is 0. The number of methoxy groups -OCH3 is 1. The highest BCUT2D eigenvalue weighted by Gasteiger charge is 2.20. The average Bonchev–Trinajstić information content (AvgIpc) is 2.79. The van der Waals surface area contributed by atoms with Gasteiger partial charge >= 0.3 is 5.97 Å². The fourth-order valence-electron chi connectivity index (χ4n) is 3.07. The van der Waals surface area contributed by atoms with Gasteiger partial charge in [-0.1, -0.05) is 28.9 Å². The molecule has 0 unspecified atom stereocenters. The largest absolute Gasteiger partial charge is 0.493 e. The highest BCUT2D eigenvalue weighted by molar-refractivity contribution is 9.10. The third-order valence-corrected chi connectivity index (χ3v) is 5.14. The normalized spacial score (nSPS) is 12.2. The van der Waals surface area contributed by atoms with E-state index in [4.69, 9.17) is 14.2 Å². The van der Waals surface area contributed by atoms with Crippen molar-refractivity contribution >= 4 is 39.0 Å². The summed E-state index contributed by atoms with van der Waals surface area (Å²) in [4.78, 5) is 29.7. The summed E-state index contributed by atoms with van der Waals surface area (Å²) >= 11 is 3.39. The van der Waals surface area contributed by atoms with E-state index in [1.807, 2.05) is 13.0 Å². The Kier molecular flexibility index (Phi) is 7.63. The lowest BCUT2D eigenvalue weighted by molar-refractivity contribution is -0.150. The van der Waals surface area contributed by atoms with Gasteiger partial charge in [-0.25, -0.2) is 9.78 Å². The molecule has 2 aromatic carbocycles. The van der Waals surface area contributed by atoms with Gasteiger partial charge in [-0.3, -0.25) is 4.79 Å². The number of rotatable bonds is 8. The molecule has 0 aliphatic rings. The van der Waals surface area contributed by atoms with Crippen LogP contribution in [0.15, 0.2) is 50.8 Å². The maximum absolute atomic E-state index is 13.1. The monoisotopic (exact) mass is 501 g/mol. The van der Waals surface area contributed by atoms with Gasteiger partial charge in [0.25, 0.3) is 5.56 Å². The van der Waals surface area contributed by atoms with Crippen LogP contribution in [0.5, 0.6) is 11.5 Å². The molecule has 0 saturated carbocycles. The molecule has 0 bridgehead atoms. The van der Waals surface area contributed by atoms with Crippen LogP contribution in [-0.2, 0) is 16.0 Å². The summed E-state index contributed by atoms with van der Waals surface area (Å²) < 4.78 is 18.3. The Morgan fingerprint density at radius 1 is 1.28 bits per heavy atom. The van der Waals surface area contributed by atoms with Crippen molar-refractivity contribution in [3.8, 4) is 11.5 Å². The Balaban J connectivity index is 2.06. The molecule has 0 amide bonds. The summed E-state index contributed by atoms with van der Waals surface area (Å²) in [6, 6.07) is 10.6. The van der Waals surface area contributed by atoms with Crippen molar-refractivity contribution in [2.24, 2.45) is 5.10 Å². The number of carbonyl (C=O) groups is 1. The Labute approximate surface area is 194 Å². The second kappa shape index (κ2) is 10.4. The number of ether oxygens (including phenoxy) is 3. The van der Waals surface area contributed by atoms with Gasteiger partial charge in [-0.15, -0.1) is 0 Å². The molecule has 8 nitrogen and oxygen atoms in total. The van der Waals surface area contributed by atoms with E-state index in [1.165, 1.54) is 18.0 Å². The molecule has 1 heterocycles. The fourth-order valence-corrected chi connectivity index (χ4v) is 3.43. The number of para-hydroxylation sites is 1. The quantitative estimate of drug-likeness (QED) is 0.342. The van der Waals surface area contributed by atoms with Gasteiger partial charge in [0.1, 0.15) is 5.82 Å². The van der Waals surface area contributed by atoms with E-state index >= 15 is 0 Å². The lowest BCUT2D eigenvalue weighted by atomic mass is 10.2. The lowest BCUT2D eigenvalue weighted by Gasteiger charge is -2.17. The molecule has 168 valence electrons. The first-order chi connectivity index (χ1) is 15.4. The lowest BCUT2D eigenvalue weighted by Crippen LogP contribution is -2.26. The van der Waals surface area contributed by atoms with Crippen LogP contribution in [-0.4, -0.2) is 41.7 Å². The number of hydrogen-bond acceptors (Lipinski definition) is 7. The zero-order chi connectivity index (χ0) is 23.3. The van der Waals surface area contributed by atoms with Crippen LogP contribution >= 0.6 is 15.9 Å². The van der Waals surface area contributed by atoms with Crippen molar-refractivity contribution in [1.29, 1.82) is 0 Å². The maximum Gasteiger partial charge on any atom is 0.347 e. The van der Waals surface area contributed by atoms with Crippen LogP contribution in [0.25, 0.3) is 10.9 Å².